The van der Waals surface area contributed by atoms with Crippen LogP contribution in [0.1, 0.15) is 22.3 Å². The average molecular weight is 806 g/mol. The molecular weight excluding hydrogens is 771 g/mol. The Balaban J connectivity index is 0.968. The van der Waals surface area contributed by atoms with Crippen LogP contribution in [0.15, 0.2) is 212 Å². The molecule has 11 aromatic rings. The van der Waals surface area contributed by atoms with Crippen LogP contribution in [-0.2, 0) is 5.41 Å². The first-order valence-electron chi connectivity index (χ1n) is 21.1. The van der Waals surface area contributed by atoms with E-state index in [1.807, 2.05) is 29.5 Å². The van der Waals surface area contributed by atoms with Crippen molar-refractivity contribution in [3.8, 4) is 78.7 Å². The van der Waals surface area contributed by atoms with Crippen LogP contribution in [-0.4, -0.2) is 15.0 Å². The van der Waals surface area contributed by atoms with Gasteiger partial charge in [0.25, 0.3) is 0 Å². The van der Waals surface area contributed by atoms with Gasteiger partial charge in [-0.2, -0.15) is 0 Å². The zero-order valence-electron chi connectivity index (χ0n) is 33.5. The van der Waals surface area contributed by atoms with Crippen molar-refractivity contribution in [2.75, 3.05) is 0 Å². The molecule has 2 aliphatic rings. The number of rotatable bonds is 5. The third-order valence-electron chi connectivity index (χ3n) is 13.0. The number of nitrogens with zero attached hydrogens (tertiary/aromatic N) is 3. The number of hydrogen-bond donors (Lipinski definition) is 0. The molecule has 2 aromatic heterocycles. The van der Waals surface area contributed by atoms with Gasteiger partial charge in [-0.15, -0.1) is 11.3 Å². The highest BCUT2D eigenvalue weighted by molar-refractivity contribution is 7.25. The molecule has 13 rings (SSSR count). The van der Waals surface area contributed by atoms with Crippen molar-refractivity contribution >= 4 is 31.5 Å². The second-order valence-electron chi connectivity index (χ2n) is 16.2. The second-order valence-corrected chi connectivity index (χ2v) is 17.3. The predicted molar refractivity (Wildman–Crippen MR) is 256 cm³/mol. The molecule has 0 N–H and O–H groups in total. The molecule has 2 heterocycles. The minimum Gasteiger partial charge on any atom is -0.208 e. The van der Waals surface area contributed by atoms with Gasteiger partial charge >= 0.3 is 0 Å². The maximum absolute atomic E-state index is 5.30. The molecule has 0 radical (unpaired) electrons. The Morgan fingerprint density at radius 2 is 0.774 bits per heavy atom. The van der Waals surface area contributed by atoms with Gasteiger partial charge in [-0.25, -0.2) is 15.0 Å². The van der Waals surface area contributed by atoms with Crippen LogP contribution < -0.4 is 0 Å². The summed E-state index contributed by atoms with van der Waals surface area (Å²) in [6, 6.07) is 76.7. The minimum atomic E-state index is -0.430. The number of benzene rings is 9. The predicted octanol–water partition coefficient (Wildman–Crippen LogP) is 14.9. The molecule has 9 aromatic carbocycles. The molecule has 288 valence electrons. The van der Waals surface area contributed by atoms with Gasteiger partial charge in [0.15, 0.2) is 17.5 Å². The van der Waals surface area contributed by atoms with Crippen molar-refractivity contribution in [1.29, 1.82) is 0 Å². The molecule has 0 atom stereocenters. The Kier molecular flexibility index (Phi) is 7.69. The van der Waals surface area contributed by atoms with Crippen molar-refractivity contribution in [1.82, 2.24) is 15.0 Å². The normalized spacial score (nSPS) is 13.0. The van der Waals surface area contributed by atoms with E-state index in [4.69, 9.17) is 15.0 Å². The third-order valence-corrected chi connectivity index (χ3v) is 14.1. The van der Waals surface area contributed by atoms with Gasteiger partial charge < -0.3 is 0 Å². The van der Waals surface area contributed by atoms with Crippen molar-refractivity contribution in [3.63, 3.8) is 0 Å². The molecule has 0 unspecified atom stereocenters. The summed E-state index contributed by atoms with van der Waals surface area (Å²) in [5.74, 6) is 1.91. The highest BCUT2D eigenvalue weighted by Gasteiger charge is 2.52. The Morgan fingerprint density at radius 3 is 1.50 bits per heavy atom. The quantitative estimate of drug-likeness (QED) is 0.174. The first-order valence-corrected chi connectivity index (χ1v) is 21.9. The smallest absolute Gasteiger partial charge is 0.164 e. The topological polar surface area (TPSA) is 38.7 Å². The molecule has 2 aliphatic carbocycles. The number of hydrogen-bond acceptors (Lipinski definition) is 4. The molecule has 0 saturated heterocycles. The van der Waals surface area contributed by atoms with E-state index in [0.29, 0.717) is 17.5 Å². The Labute approximate surface area is 363 Å². The van der Waals surface area contributed by atoms with E-state index in [1.165, 1.54) is 70.2 Å². The lowest BCUT2D eigenvalue weighted by molar-refractivity contribution is 0.794. The van der Waals surface area contributed by atoms with Gasteiger partial charge in [0.05, 0.1) is 5.41 Å². The first kappa shape index (κ1) is 35.0. The summed E-state index contributed by atoms with van der Waals surface area (Å²) in [4.78, 5) is 15.7. The highest BCUT2D eigenvalue weighted by atomic mass is 32.1. The molecule has 0 bridgehead atoms. The Hall–Kier alpha value is -7.79. The standard InChI is InChI=1S/C58H35N3S/c1-2-15-37(16-3-1)55-59-56(38-31-29-36(30-32-38)39-33-34-44-43-20-9-13-28-52(43)62-53(44)35-39)61-57(60-55)46-21-5-4-17-40(46)45-23-14-27-51-54(45)47-22-8-12-26-50(47)58(51)48-24-10-6-18-41(48)42-19-7-11-25-49(42)58/h1-35H. The SMILES string of the molecule is c1ccc(-c2nc(-c3ccc(-c4ccc5c(c4)sc4ccccc45)cc3)nc(-c3ccccc3-c3cccc4c3-c3ccccc3C43c4ccccc4-c4ccccc43)n2)cc1. The maximum atomic E-state index is 5.30. The fraction of sp³-hybridized carbons (Fsp3) is 0.0172. The molecule has 0 amide bonds. The van der Waals surface area contributed by atoms with Crippen molar-refractivity contribution in [3.05, 3.63) is 235 Å². The molecule has 4 heteroatoms. The fourth-order valence-corrected chi connectivity index (χ4v) is 11.5. The van der Waals surface area contributed by atoms with E-state index >= 15 is 0 Å². The highest BCUT2D eigenvalue weighted by Crippen LogP contribution is 2.64. The lowest BCUT2D eigenvalue weighted by atomic mass is 9.70. The summed E-state index contributed by atoms with van der Waals surface area (Å²) < 4.78 is 2.61. The van der Waals surface area contributed by atoms with E-state index < -0.39 is 5.41 Å². The number of aromatic nitrogens is 3. The van der Waals surface area contributed by atoms with Gasteiger partial charge in [-0.3, -0.25) is 0 Å². The summed E-state index contributed by atoms with van der Waals surface area (Å²) in [6.45, 7) is 0. The summed E-state index contributed by atoms with van der Waals surface area (Å²) in [6.07, 6.45) is 0. The van der Waals surface area contributed by atoms with E-state index in [9.17, 15) is 0 Å². The molecular formula is C58H35N3S. The van der Waals surface area contributed by atoms with Gasteiger partial charge in [0.1, 0.15) is 0 Å². The van der Waals surface area contributed by atoms with E-state index in [0.717, 1.165) is 33.4 Å². The lowest BCUT2D eigenvalue weighted by Crippen LogP contribution is -2.25. The third kappa shape index (κ3) is 5.08. The fourth-order valence-electron chi connectivity index (χ4n) is 10.3. The number of thiophene rings is 1. The largest absolute Gasteiger partial charge is 0.208 e. The average Bonchev–Trinajstić information content (AvgIpc) is 3.98. The summed E-state index contributed by atoms with van der Waals surface area (Å²) in [5.41, 5.74) is 17.4. The van der Waals surface area contributed by atoms with Crippen LogP contribution in [0.4, 0.5) is 0 Å². The summed E-state index contributed by atoms with van der Waals surface area (Å²) in [5, 5.41) is 2.61. The summed E-state index contributed by atoms with van der Waals surface area (Å²) >= 11 is 1.84. The van der Waals surface area contributed by atoms with Crippen LogP contribution >= 0.6 is 11.3 Å². The molecule has 0 aliphatic heterocycles. The van der Waals surface area contributed by atoms with Crippen molar-refractivity contribution in [2.45, 2.75) is 5.41 Å². The van der Waals surface area contributed by atoms with Crippen LogP contribution in [0.5, 0.6) is 0 Å². The van der Waals surface area contributed by atoms with Gasteiger partial charge in [0, 0.05) is 36.9 Å². The van der Waals surface area contributed by atoms with Crippen molar-refractivity contribution in [2.24, 2.45) is 0 Å². The Bertz CT molecular complexity index is 3540. The van der Waals surface area contributed by atoms with Gasteiger partial charge in [-0.1, -0.05) is 200 Å². The molecule has 62 heavy (non-hydrogen) atoms. The molecule has 3 nitrogen and oxygen atoms in total. The van der Waals surface area contributed by atoms with E-state index in [-0.39, 0.29) is 0 Å². The lowest BCUT2D eigenvalue weighted by Gasteiger charge is -2.30. The van der Waals surface area contributed by atoms with Crippen LogP contribution in [0.3, 0.4) is 0 Å². The zero-order chi connectivity index (χ0) is 40.8. The van der Waals surface area contributed by atoms with Crippen molar-refractivity contribution < 1.29 is 0 Å². The van der Waals surface area contributed by atoms with Crippen LogP contribution in [0.2, 0.25) is 0 Å². The van der Waals surface area contributed by atoms with Crippen LogP contribution in [0.25, 0.3) is 98.8 Å². The monoisotopic (exact) mass is 805 g/mol. The summed E-state index contributed by atoms with van der Waals surface area (Å²) in [7, 11) is 0. The van der Waals surface area contributed by atoms with Gasteiger partial charge in [-0.05, 0) is 78.9 Å². The second kappa shape index (κ2) is 13.6. The Morgan fingerprint density at radius 1 is 0.290 bits per heavy atom. The maximum Gasteiger partial charge on any atom is 0.164 e. The van der Waals surface area contributed by atoms with E-state index in [1.54, 1.807) is 0 Å². The zero-order valence-corrected chi connectivity index (χ0v) is 34.3. The minimum absolute atomic E-state index is 0.430. The van der Waals surface area contributed by atoms with E-state index in [2.05, 4.69) is 194 Å². The molecule has 1 spiro atoms. The molecule has 0 saturated carbocycles. The molecule has 0 fully saturated rings. The first-order chi connectivity index (χ1) is 30.7. The van der Waals surface area contributed by atoms with Gasteiger partial charge in [0.2, 0.25) is 0 Å². The van der Waals surface area contributed by atoms with Crippen LogP contribution in [0, 0.1) is 0 Å². The number of fused-ring (bicyclic) bond motifs is 13.